The first-order valence-corrected chi connectivity index (χ1v) is 8.84. The molecule has 0 bridgehead atoms. The molecule has 1 aromatic rings. The van der Waals surface area contributed by atoms with E-state index in [9.17, 15) is 8.42 Å². The number of piperidine rings is 1. The molecule has 0 saturated carbocycles. The van der Waals surface area contributed by atoms with Crippen LogP contribution in [-0.4, -0.2) is 37.1 Å². The Labute approximate surface area is 112 Å². The third-order valence-corrected chi connectivity index (χ3v) is 5.24. The molecule has 2 heterocycles. The minimum atomic E-state index is -3.07. The molecule has 1 fully saturated rings. The highest BCUT2D eigenvalue weighted by molar-refractivity contribution is 7.88. The minimum Gasteiger partial charge on any atom is -0.323 e. The number of aromatic nitrogens is 1. The molecule has 0 spiro atoms. The van der Waals surface area contributed by atoms with Crippen molar-refractivity contribution in [3.63, 3.8) is 0 Å². The summed E-state index contributed by atoms with van der Waals surface area (Å²) >= 11 is 1.54. The van der Waals surface area contributed by atoms with Gasteiger partial charge in [-0.2, -0.15) is 0 Å². The van der Waals surface area contributed by atoms with Gasteiger partial charge in [0.15, 0.2) is 0 Å². The topological polar surface area (TPSA) is 76.3 Å². The number of thiazole rings is 1. The molecule has 2 unspecified atom stereocenters. The largest absolute Gasteiger partial charge is 0.323 e. The van der Waals surface area contributed by atoms with Crippen LogP contribution in [0.2, 0.25) is 0 Å². The lowest BCUT2D eigenvalue weighted by Gasteiger charge is -2.32. The molecule has 5 nitrogen and oxygen atoms in total. The molecule has 0 aliphatic carbocycles. The first-order valence-electron chi connectivity index (χ1n) is 6.05. The van der Waals surface area contributed by atoms with Gasteiger partial charge in [0.2, 0.25) is 10.0 Å². The highest BCUT2D eigenvalue weighted by Gasteiger charge is 2.27. The molecule has 7 heteroatoms. The summed E-state index contributed by atoms with van der Waals surface area (Å²) in [5.74, 6) is 0.338. The van der Waals surface area contributed by atoms with Gasteiger partial charge in [-0.05, 0) is 25.2 Å². The predicted octanol–water partition coefficient (Wildman–Crippen LogP) is 1.20. The van der Waals surface area contributed by atoms with Crippen LogP contribution in [0, 0.1) is 5.92 Å². The fourth-order valence-corrected chi connectivity index (χ4v) is 3.97. The van der Waals surface area contributed by atoms with Crippen LogP contribution in [0.1, 0.15) is 31.0 Å². The van der Waals surface area contributed by atoms with Crippen molar-refractivity contribution in [3.05, 3.63) is 16.6 Å². The molecule has 1 aliphatic rings. The number of nitrogens with zero attached hydrogens (tertiary/aromatic N) is 2. The van der Waals surface area contributed by atoms with Gasteiger partial charge < -0.3 is 5.73 Å². The number of hydrogen-bond acceptors (Lipinski definition) is 5. The quantitative estimate of drug-likeness (QED) is 0.903. The Hall–Kier alpha value is -0.500. The van der Waals surface area contributed by atoms with Gasteiger partial charge >= 0.3 is 0 Å². The van der Waals surface area contributed by atoms with Crippen molar-refractivity contribution in [2.24, 2.45) is 11.7 Å². The molecule has 1 aromatic heterocycles. The average molecular weight is 289 g/mol. The van der Waals surface area contributed by atoms with E-state index in [4.69, 9.17) is 5.73 Å². The van der Waals surface area contributed by atoms with Crippen LogP contribution in [0.25, 0.3) is 0 Å². The Morgan fingerprint density at radius 2 is 2.44 bits per heavy atom. The van der Waals surface area contributed by atoms with Gasteiger partial charge in [0.05, 0.1) is 17.5 Å². The number of nitrogens with two attached hydrogens (primary N) is 1. The molecule has 1 saturated heterocycles. The van der Waals surface area contributed by atoms with E-state index in [-0.39, 0.29) is 6.04 Å². The van der Waals surface area contributed by atoms with Gasteiger partial charge in [0, 0.05) is 24.5 Å². The summed E-state index contributed by atoms with van der Waals surface area (Å²) in [4.78, 5) is 4.21. The Kier molecular flexibility index (Phi) is 4.37. The Morgan fingerprint density at radius 1 is 1.67 bits per heavy atom. The molecule has 2 rings (SSSR count). The van der Waals surface area contributed by atoms with Gasteiger partial charge in [-0.25, -0.2) is 17.7 Å². The van der Waals surface area contributed by atoms with Gasteiger partial charge in [-0.1, -0.05) is 0 Å². The summed E-state index contributed by atoms with van der Waals surface area (Å²) in [5.41, 5.74) is 8.79. The zero-order valence-corrected chi connectivity index (χ0v) is 12.1. The highest BCUT2D eigenvalue weighted by Crippen LogP contribution is 2.26. The van der Waals surface area contributed by atoms with E-state index >= 15 is 0 Å². The minimum absolute atomic E-state index is 0.0826. The van der Waals surface area contributed by atoms with E-state index < -0.39 is 10.0 Å². The summed E-state index contributed by atoms with van der Waals surface area (Å²) in [7, 11) is -3.07. The van der Waals surface area contributed by atoms with Gasteiger partial charge in [0.1, 0.15) is 0 Å². The summed E-state index contributed by atoms with van der Waals surface area (Å²) < 4.78 is 24.6. The molecule has 0 radical (unpaired) electrons. The van der Waals surface area contributed by atoms with Crippen LogP contribution in [0.5, 0.6) is 0 Å². The molecule has 2 N–H and O–H groups in total. The van der Waals surface area contributed by atoms with E-state index in [2.05, 4.69) is 4.98 Å². The maximum atomic E-state index is 11.5. The third-order valence-electron chi connectivity index (χ3n) is 3.37. The normalized spacial score (nSPS) is 24.0. The second kappa shape index (κ2) is 5.64. The first kappa shape index (κ1) is 13.9. The van der Waals surface area contributed by atoms with Crippen molar-refractivity contribution in [2.45, 2.75) is 25.3 Å². The fourth-order valence-electron chi connectivity index (χ4n) is 2.41. The van der Waals surface area contributed by atoms with Gasteiger partial charge in [-0.15, -0.1) is 11.3 Å². The van der Waals surface area contributed by atoms with E-state index in [1.165, 1.54) is 17.6 Å². The zero-order chi connectivity index (χ0) is 13.2. The second-order valence-corrected chi connectivity index (χ2v) is 7.59. The van der Waals surface area contributed by atoms with Crippen LogP contribution in [0.3, 0.4) is 0 Å². The smallest absolute Gasteiger partial charge is 0.211 e. The van der Waals surface area contributed by atoms with Crippen LogP contribution in [0.4, 0.5) is 0 Å². The summed E-state index contributed by atoms with van der Waals surface area (Å²) in [6.07, 6.45) is 4.04. The second-order valence-electron chi connectivity index (χ2n) is 4.88. The lowest BCUT2D eigenvalue weighted by molar-refractivity contribution is 0.246. The van der Waals surface area contributed by atoms with E-state index in [0.717, 1.165) is 25.0 Å². The van der Waals surface area contributed by atoms with Crippen molar-refractivity contribution >= 4 is 21.4 Å². The van der Waals surface area contributed by atoms with Crippen molar-refractivity contribution in [3.8, 4) is 0 Å². The third kappa shape index (κ3) is 3.50. The summed E-state index contributed by atoms with van der Waals surface area (Å²) in [5, 5.41) is 1.96. The van der Waals surface area contributed by atoms with Crippen LogP contribution >= 0.6 is 11.3 Å². The highest BCUT2D eigenvalue weighted by atomic mass is 32.2. The number of rotatable bonds is 4. The van der Waals surface area contributed by atoms with E-state index in [0.29, 0.717) is 19.0 Å². The molecule has 0 aromatic carbocycles. The van der Waals surface area contributed by atoms with Gasteiger partial charge in [0.25, 0.3) is 0 Å². The van der Waals surface area contributed by atoms with E-state index in [1.54, 1.807) is 9.82 Å². The van der Waals surface area contributed by atoms with Crippen molar-refractivity contribution < 1.29 is 8.42 Å². The van der Waals surface area contributed by atoms with Crippen molar-refractivity contribution in [2.75, 3.05) is 19.3 Å². The SMILES string of the molecule is CS(=O)(=O)N1CCCC(CC(N)c2cscn2)C1. The van der Waals surface area contributed by atoms with Crippen molar-refractivity contribution in [1.82, 2.24) is 9.29 Å². The maximum Gasteiger partial charge on any atom is 0.211 e. The first-order chi connectivity index (χ1) is 8.47. The van der Waals surface area contributed by atoms with Gasteiger partial charge in [-0.3, -0.25) is 0 Å². The number of hydrogen-bond donors (Lipinski definition) is 1. The Balaban J connectivity index is 1.94. The Morgan fingerprint density at radius 3 is 3.06 bits per heavy atom. The van der Waals surface area contributed by atoms with Crippen molar-refractivity contribution in [1.29, 1.82) is 0 Å². The van der Waals surface area contributed by atoms with E-state index in [1.807, 2.05) is 5.38 Å². The molecule has 1 aliphatic heterocycles. The summed E-state index contributed by atoms with van der Waals surface area (Å²) in [6.45, 7) is 1.23. The average Bonchev–Trinajstić information content (AvgIpc) is 2.81. The van der Waals surface area contributed by atoms with Crippen LogP contribution in [-0.2, 0) is 10.0 Å². The predicted molar refractivity (Wildman–Crippen MR) is 72.8 cm³/mol. The van der Waals surface area contributed by atoms with Crippen LogP contribution in [0.15, 0.2) is 10.9 Å². The molecular formula is C11H19N3O2S2. The monoisotopic (exact) mass is 289 g/mol. The molecule has 102 valence electrons. The molecular weight excluding hydrogens is 270 g/mol. The summed E-state index contributed by atoms with van der Waals surface area (Å²) in [6, 6.07) is -0.0826. The number of sulfonamides is 1. The lowest BCUT2D eigenvalue weighted by atomic mass is 9.92. The molecule has 2 atom stereocenters. The fraction of sp³-hybridized carbons (Fsp3) is 0.727. The molecule has 18 heavy (non-hydrogen) atoms. The molecule has 0 amide bonds. The maximum absolute atomic E-state index is 11.5. The zero-order valence-electron chi connectivity index (χ0n) is 10.4. The Bertz CT molecular complexity index is 472. The van der Waals surface area contributed by atoms with Crippen LogP contribution < -0.4 is 5.73 Å². The lowest BCUT2D eigenvalue weighted by Crippen LogP contribution is -2.40. The standard InChI is InChI=1S/C11H19N3O2S2/c1-18(15,16)14-4-2-3-9(6-14)5-10(12)11-7-17-8-13-11/h7-10H,2-6,12H2,1H3.